The van der Waals surface area contributed by atoms with Crippen LogP contribution in [0.2, 0.25) is 0 Å². The molecule has 3 atom stereocenters. The van der Waals surface area contributed by atoms with Crippen LogP contribution in [0.4, 0.5) is 0 Å². The summed E-state index contributed by atoms with van der Waals surface area (Å²) in [6.45, 7) is 2.34. The van der Waals surface area contributed by atoms with Gasteiger partial charge in [0.05, 0.1) is 28.7 Å². The van der Waals surface area contributed by atoms with Gasteiger partial charge in [-0.1, -0.05) is 0 Å². The monoisotopic (exact) mass is 381 g/mol. The van der Waals surface area contributed by atoms with E-state index in [0.29, 0.717) is 6.42 Å². The lowest BCUT2D eigenvalue weighted by Crippen LogP contribution is -2.61. The molecule has 0 aromatic carbocycles. The Bertz CT molecular complexity index is 735. The van der Waals surface area contributed by atoms with Crippen molar-refractivity contribution >= 4 is 35.4 Å². The molecule has 0 saturated carbocycles. The third-order valence-electron chi connectivity index (χ3n) is 4.58. The van der Waals surface area contributed by atoms with E-state index >= 15 is 0 Å². The van der Waals surface area contributed by atoms with Crippen LogP contribution in [0.1, 0.15) is 13.3 Å². The highest BCUT2D eigenvalue weighted by Crippen LogP contribution is 2.46. The molecule has 0 unspecified atom stereocenters. The van der Waals surface area contributed by atoms with E-state index in [0.717, 1.165) is 17.2 Å². The Morgan fingerprint density at radius 1 is 1.52 bits per heavy atom. The van der Waals surface area contributed by atoms with E-state index in [1.165, 1.54) is 21.6 Å². The molecule has 2 N–H and O–H groups in total. The molecule has 2 aliphatic heterocycles. The standard InChI is InChI=1S/C17H20N2O4S2/c1-10(20)14-12-8-13(15(17(22)23)19(12)16(14)21)25-7-6-18-5-3-4-11(9-18)24-2/h3-5,9-10,12,14,20H,6-8H2,1-2H3/p+1/t10-,12-,14-/m1/s1. The van der Waals surface area contributed by atoms with Crippen LogP contribution in [0.15, 0.2) is 40.0 Å². The number of amides is 1. The fourth-order valence-electron chi connectivity index (χ4n) is 3.39. The van der Waals surface area contributed by atoms with Crippen LogP contribution in [0, 0.1) is 5.92 Å². The second-order valence-corrected chi connectivity index (χ2v) is 8.22. The minimum atomic E-state index is -1.07. The Hall–Kier alpha value is -1.51. The van der Waals surface area contributed by atoms with Crippen molar-refractivity contribution in [3.05, 3.63) is 35.1 Å². The van der Waals surface area contributed by atoms with Crippen LogP contribution in [-0.2, 0) is 16.1 Å². The second-order valence-electron chi connectivity index (χ2n) is 6.15. The number of aliphatic hydroxyl groups is 1. The number of rotatable bonds is 7. The van der Waals surface area contributed by atoms with Crippen LogP contribution in [0.3, 0.4) is 0 Å². The zero-order chi connectivity index (χ0) is 18.1. The maximum Gasteiger partial charge on any atom is 0.353 e. The van der Waals surface area contributed by atoms with E-state index in [1.54, 1.807) is 18.7 Å². The quantitative estimate of drug-likeness (QED) is 0.421. The van der Waals surface area contributed by atoms with Crippen LogP contribution in [-0.4, -0.2) is 51.1 Å². The van der Waals surface area contributed by atoms with Gasteiger partial charge in [-0.15, -0.1) is 23.5 Å². The van der Waals surface area contributed by atoms with Gasteiger partial charge < -0.3 is 15.1 Å². The highest BCUT2D eigenvalue weighted by Gasteiger charge is 2.56. The molecule has 0 bridgehead atoms. The van der Waals surface area contributed by atoms with Crippen LogP contribution in [0.25, 0.3) is 0 Å². The first-order chi connectivity index (χ1) is 11.9. The lowest BCUT2D eigenvalue weighted by atomic mass is 9.83. The lowest BCUT2D eigenvalue weighted by molar-refractivity contribution is -0.694. The molecule has 1 saturated heterocycles. The summed E-state index contributed by atoms with van der Waals surface area (Å²) in [6, 6.07) is 3.82. The van der Waals surface area contributed by atoms with Crippen molar-refractivity contribution in [2.24, 2.45) is 5.92 Å². The van der Waals surface area contributed by atoms with Crippen LogP contribution >= 0.6 is 23.5 Å². The number of carbonyl (C=O) groups is 2. The number of carbonyl (C=O) groups excluding carboxylic acids is 1. The van der Waals surface area contributed by atoms with E-state index in [9.17, 15) is 19.8 Å². The van der Waals surface area contributed by atoms with Crippen LogP contribution in [0.5, 0.6) is 0 Å². The van der Waals surface area contributed by atoms with Gasteiger partial charge in [0.1, 0.15) is 5.70 Å². The zero-order valence-electron chi connectivity index (χ0n) is 14.1. The van der Waals surface area contributed by atoms with E-state index in [1.807, 2.05) is 24.6 Å². The molecule has 3 rings (SSSR count). The first-order valence-corrected chi connectivity index (χ1v) is 10.3. The van der Waals surface area contributed by atoms with Crippen molar-refractivity contribution in [2.75, 3.05) is 12.0 Å². The SMILES string of the molecule is CSc1ccc[n+](CCSC2=C(C(=O)O)N3C(=O)[C@H]([C@@H](C)O)[C@H]3C2)c1. The van der Waals surface area contributed by atoms with Gasteiger partial charge in [0.2, 0.25) is 5.91 Å². The number of aliphatic carboxylic acids is 1. The lowest BCUT2D eigenvalue weighted by Gasteiger charge is -2.44. The van der Waals surface area contributed by atoms with Gasteiger partial charge in [0.15, 0.2) is 18.9 Å². The fourth-order valence-corrected chi connectivity index (χ4v) is 5.01. The maximum atomic E-state index is 12.2. The average Bonchev–Trinajstić information content (AvgIpc) is 2.89. The molecule has 134 valence electrons. The summed E-state index contributed by atoms with van der Waals surface area (Å²) < 4.78 is 2.08. The fraction of sp³-hybridized carbons (Fsp3) is 0.471. The van der Waals surface area contributed by atoms with Gasteiger partial charge in [-0.25, -0.2) is 9.36 Å². The topological polar surface area (TPSA) is 81.7 Å². The number of pyridine rings is 1. The molecule has 8 heteroatoms. The van der Waals surface area contributed by atoms with Crippen molar-refractivity contribution < 1.29 is 24.4 Å². The van der Waals surface area contributed by atoms with Crippen molar-refractivity contribution in [1.82, 2.24) is 4.90 Å². The highest BCUT2D eigenvalue weighted by atomic mass is 32.2. The molecule has 3 heterocycles. The van der Waals surface area contributed by atoms with Crippen molar-refractivity contribution in [3.63, 3.8) is 0 Å². The highest BCUT2D eigenvalue weighted by molar-refractivity contribution is 8.03. The molecule has 6 nitrogen and oxygen atoms in total. The number of fused-ring (bicyclic) bond motifs is 1. The summed E-state index contributed by atoms with van der Waals surface area (Å²) in [5.41, 5.74) is 0.0970. The number of aromatic nitrogens is 1. The molecular formula is C17H21N2O4S2+. The summed E-state index contributed by atoms with van der Waals surface area (Å²) in [6.07, 6.45) is 5.84. The number of nitrogens with zero attached hydrogens (tertiary/aromatic N) is 2. The van der Waals surface area contributed by atoms with Gasteiger partial charge >= 0.3 is 5.97 Å². The Morgan fingerprint density at radius 3 is 2.92 bits per heavy atom. The van der Waals surface area contributed by atoms with Gasteiger partial charge in [-0.2, -0.15) is 0 Å². The molecule has 2 aliphatic rings. The third kappa shape index (κ3) is 3.43. The van der Waals surface area contributed by atoms with Crippen LogP contribution < -0.4 is 4.57 Å². The van der Waals surface area contributed by atoms with E-state index in [4.69, 9.17) is 0 Å². The largest absolute Gasteiger partial charge is 0.477 e. The number of aliphatic hydroxyl groups excluding tert-OH is 1. The molecule has 1 amide bonds. The van der Waals surface area contributed by atoms with Crippen molar-refractivity contribution in [1.29, 1.82) is 0 Å². The molecule has 1 fully saturated rings. The van der Waals surface area contributed by atoms with Gasteiger partial charge in [-0.3, -0.25) is 4.79 Å². The van der Waals surface area contributed by atoms with Crippen molar-refractivity contribution in [3.8, 4) is 0 Å². The van der Waals surface area contributed by atoms with Gasteiger partial charge in [0.25, 0.3) is 0 Å². The van der Waals surface area contributed by atoms with E-state index in [-0.39, 0.29) is 17.6 Å². The summed E-state index contributed by atoms with van der Waals surface area (Å²) in [7, 11) is 0. The van der Waals surface area contributed by atoms with Gasteiger partial charge in [-0.05, 0) is 19.2 Å². The summed E-state index contributed by atoms with van der Waals surface area (Å²) in [5, 5.41) is 19.2. The van der Waals surface area contributed by atoms with E-state index < -0.39 is 18.0 Å². The van der Waals surface area contributed by atoms with E-state index in [2.05, 4.69) is 10.8 Å². The first kappa shape index (κ1) is 18.3. The first-order valence-electron chi connectivity index (χ1n) is 8.07. The third-order valence-corrected chi connectivity index (χ3v) is 6.39. The molecule has 0 spiro atoms. The summed E-state index contributed by atoms with van der Waals surface area (Å²) in [4.78, 5) is 27.0. The molecule has 25 heavy (non-hydrogen) atoms. The average molecular weight is 381 g/mol. The van der Waals surface area contributed by atoms with Gasteiger partial charge in [0, 0.05) is 17.4 Å². The molecule has 1 aromatic heterocycles. The number of aryl methyl sites for hydroxylation is 1. The molecule has 1 aromatic rings. The second kappa shape index (κ2) is 7.39. The number of carboxylic acids is 1. The summed E-state index contributed by atoms with van der Waals surface area (Å²) >= 11 is 3.16. The Morgan fingerprint density at radius 2 is 2.28 bits per heavy atom. The minimum Gasteiger partial charge on any atom is -0.477 e. The number of hydrogen-bond donors (Lipinski definition) is 2. The number of β-lactam (4-membered cyclic amide) rings is 1. The smallest absolute Gasteiger partial charge is 0.353 e. The Labute approximate surface area is 154 Å². The number of hydrogen-bond acceptors (Lipinski definition) is 5. The summed E-state index contributed by atoms with van der Waals surface area (Å²) in [5.74, 6) is -1.11. The maximum absolute atomic E-state index is 12.2. The predicted octanol–water partition coefficient (Wildman–Crippen LogP) is 1.34. The predicted molar refractivity (Wildman–Crippen MR) is 96.0 cm³/mol. The molecular weight excluding hydrogens is 360 g/mol. The Balaban J connectivity index is 1.67. The Kier molecular flexibility index (Phi) is 5.41. The number of thioether (sulfide) groups is 2. The minimum absolute atomic E-state index is 0.0970. The number of carboxylic acid groups (broad SMARTS) is 1. The molecule has 0 aliphatic carbocycles. The van der Waals surface area contributed by atoms with Crippen molar-refractivity contribution in [2.45, 2.75) is 36.9 Å². The normalized spacial score (nSPS) is 23.5. The zero-order valence-corrected chi connectivity index (χ0v) is 15.7. The molecule has 0 radical (unpaired) electrons.